The third kappa shape index (κ3) is 3.57. The number of aromatic nitrogens is 1. The summed E-state index contributed by atoms with van der Waals surface area (Å²) in [5.41, 5.74) is 2.39. The zero-order chi connectivity index (χ0) is 12.8. The zero-order valence-corrected chi connectivity index (χ0v) is 10.8. The molecule has 0 bridgehead atoms. The molecule has 2 rings (SSSR count). The quantitative estimate of drug-likeness (QED) is 0.873. The van der Waals surface area contributed by atoms with Gasteiger partial charge in [-0.15, -0.1) is 0 Å². The molecule has 0 atom stereocenters. The molecule has 1 aromatic heterocycles. The van der Waals surface area contributed by atoms with E-state index in [2.05, 4.69) is 24.1 Å². The topological polar surface area (TPSA) is 34.2 Å². The summed E-state index contributed by atoms with van der Waals surface area (Å²) in [6, 6.07) is 11.9. The van der Waals surface area contributed by atoms with Gasteiger partial charge in [-0.3, -0.25) is 0 Å². The Kier molecular flexibility index (Phi) is 4.31. The van der Waals surface area contributed by atoms with Crippen molar-refractivity contribution in [1.29, 1.82) is 0 Å². The fourth-order valence-electron chi connectivity index (χ4n) is 1.61. The summed E-state index contributed by atoms with van der Waals surface area (Å²) >= 11 is 0. The Balaban J connectivity index is 2.06. The molecular weight excluding hydrogens is 224 g/mol. The Hall–Kier alpha value is -1.87. The number of benzene rings is 1. The lowest BCUT2D eigenvalue weighted by atomic mass is 10.2. The summed E-state index contributed by atoms with van der Waals surface area (Å²) in [7, 11) is 0. The predicted octanol–water partition coefficient (Wildman–Crippen LogP) is 3.29. The zero-order valence-electron chi connectivity index (χ0n) is 10.8. The first-order valence-electron chi connectivity index (χ1n) is 6.18. The third-order valence-corrected chi connectivity index (χ3v) is 2.62. The highest BCUT2D eigenvalue weighted by molar-refractivity contribution is 5.31. The Morgan fingerprint density at radius 2 is 1.94 bits per heavy atom. The summed E-state index contributed by atoms with van der Waals surface area (Å²) in [4.78, 5) is 4.22. The van der Waals surface area contributed by atoms with Gasteiger partial charge in [0, 0.05) is 18.8 Å². The van der Waals surface area contributed by atoms with Crippen LogP contribution in [0.25, 0.3) is 0 Å². The van der Waals surface area contributed by atoms with Crippen LogP contribution in [0.3, 0.4) is 0 Å². The third-order valence-electron chi connectivity index (χ3n) is 2.62. The Morgan fingerprint density at radius 1 is 1.17 bits per heavy atom. The van der Waals surface area contributed by atoms with Gasteiger partial charge in [-0.2, -0.15) is 0 Å². The van der Waals surface area contributed by atoms with E-state index in [4.69, 9.17) is 4.74 Å². The van der Waals surface area contributed by atoms with Crippen LogP contribution in [0.2, 0.25) is 0 Å². The predicted molar refractivity (Wildman–Crippen MR) is 72.9 cm³/mol. The van der Waals surface area contributed by atoms with Crippen molar-refractivity contribution < 1.29 is 4.74 Å². The molecule has 2 aromatic rings. The molecule has 0 aliphatic heterocycles. The highest BCUT2D eigenvalue weighted by Gasteiger charge is 2.00. The standard InChI is InChI=1S/C15H18N2O/c1-3-16-11-13-8-9-17-15(10-13)18-14-6-4-12(2)5-7-14/h4-10,16H,3,11H2,1-2H3. The lowest BCUT2D eigenvalue weighted by Crippen LogP contribution is -2.11. The average molecular weight is 242 g/mol. The second-order valence-electron chi connectivity index (χ2n) is 4.20. The Labute approximate surface area is 108 Å². The van der Waals surface area contributed by atoms with Crippen molar-refractivity contribution >= 4 is 0 Å². The number of nitrogens with zero attached hydrogens (tertiary/aromatic N) is 1. The Morgan fingerprint density at radius 3 is 2.67 bits per heavy atom. The normalized spacial score (nSPS) is 10.3. The van der Waals surface area contributed by atoms with Crippen LogP contribution >= 0.6 is 0 Å². The summed E-state index contributed by atoms with van der Waals surface area (Å²) in [5, 5.41) is 3.28. The van der Waals surface area contributed by atoms with Crippen LogP contribution in [-0.2, 0) is 6.54 Å². The average Bonchev–Trinajstić information content (AvgIpc) is 2.40. The largest absolute Gasteiger partial charge is 0.439 e. The van der Waals surface area contributed by atoms with E-state index in [9.17, 15) is 0 Å². The molecule has 1 aromatic carbocycles. The second kappa shape index (κ2) is 6.17. The number of hydrogen-bond donors (Lipinski definition) is 1. The molecule has 0 spiro atoms. The second-order valence-corrected chi connectivity index (χ2v) is 4.20. The molecule has 0 aliphatic rings. The van der Waals surface area contributed by atoms with Crippen molar-refractivity contribution in [2.75, 3.05) is 6.54 Å². The van der Waals surface area contributed by atoms with Crippen LogP contribution in [0.1, 0.15) is 18.1 Å². The summed E-state index contributed by atoms with van der Waals surface area (Å²) in [6.07, 6.45) is 1.77. The molecule has 1 heterocycles. The molecule has 3 heteroatoms. The van der Waals surface area contributed by atoms with Gasteiger partial charge in [-0.1, -0.05) is 24.6 Å². The van der Waals surface area contributed by atoms with Gasteiger partial charge in [-0.25, -0.2) is 4.98 Å². The summed E-state index contributed by atoms with van der Waals surface area (Å²) in [5.74, 6) is 1.45. The number of pyridine rings is 1. The van der Waals surface area contributed by atoms with Gasteiger partial charge >= 0.3 is 0 Å². The molecule has 94 valence electrons. The van der Waals surface area contributed by atoms with Gasteiger partial charge in [0.25, 0.3) is 0 Å². The number of ether oxygens (including phenoxy) is 1. The van der Waals surface area contributed by atoms with E-state index in [0.29, 0.717) is 5.88 Å². The minimum Gasteiger partial charge on any atom is -0.439 e. The van der Waals surface area contributed by atoms with E-state index in [1.54, 1.807) is 6.20 Å². The maximum atomic E-state index is 5.72. The first-order chi connectivity index (χ1) is 8.78. The smallest absolute Gasteiger partial charge is 0.219 e. The van der Waals surface area contributed by atoms with Crippen molar-refractivity contribution in [1.82, 2.24) is 10.3 Å². The van der Waals surface area contributed by atoms with E-state index < -0.39 is 0 Å². The van der Waals surface area contributed by atoms with Crippen LogP contribution in [0, 0.1) is 6.92 Å². The highest BCUT2D eigenvalue weighted by Crippen LogP contribution is 2.20. The SMILES string of the molecule is CCNCc1ccnc(Oc2ccc(C)cc2)c1. The van der Waals surface area contributed by atoms with E-state index >= 15 is 0 Å². The van der Waals surface area contributed by atoms with Crippen molar-refractivity contribution in [3.8, 4) is 11.6 Å². The minimum absolute atomic E-state index is 0.634. The summed E-state index contributed by atoms with van der Waals surface area (Å²) in [6.45, 7) is 5.93. The number of aryl methyl sites for hydroxylation is 1. The lowest BCUT2D eigenvalue weighted by Gasteiger charge is -2.07. The number of rotatable bonds is 5. The molecule has 0 fully saturated rings. The van der Waals surface area contributed by atoms with Crippen LogP contribution in [0.5, 0.6) is 11.6 Å². The van der Waals surface area contributed by atoms with E-state index in [-0.39, 0.29) is 0 Å². The maximum absolute atomic E-state index is 5.72. The number of nitrogens with one attached hydrogen (secondary N) is 1. The molecule has 0 saturated carbocycles. The van der Waals surface area contributed by atoms with Gasteiger partial charge in [0.1, 0.15) is 5.75 Å². The molecule has 3 nitrogen and oxygen atoms in total. The molecule has 1 N–H and O–H groups in total. The molecule has 0 saturated heterocycles. The van der Waals surface area contributed by atoms with Crippen LogP contribution in [0.15, 0.2) is 42.6 Å². The molecular formula is C15H18N2O. The molecule has 0 aliphatic carbocycles. The van der Waals surface area contributed by atoms with Crippen molar-refractivity contribution in [2.45, 2.75) is 20.4 Å². The molecule has 0 amide bonds. The Bertz CT molecular complexity index is 494. The fourth-order valence-corrected chi connectivity index (χ4v) is 1.61. The first kappa shape index (κ1) is 12.6. The molecule has 0 radical (unpaired) electrons. The fraction of sp³-hybridized carbons (Fsp3) is 0.267. The summed E-state index contributed by atoms with van der Waals surface area (Å²) < 4.78 is 5.72. The van der Waals surface area contributed by atoms with Gasteiger partial charge in [-0.05, 0) is 37.2 Å². The number of hydrogen-bond acceptors (Lipinski definition) is 3. The highest BCUT2D eigenvalue weighted by atomic mass is 16.5. The lowest BCUT2D eigenvalue weighted by molar-refractivity contribution is 0.461. The van der Waals surface area contributed by atoms with E-state index in [1.807, 2.05) is 36.4 Å². The van der Waals surface area contributed by atoms with E-state index in [1.165, 1.54) is 11.1 Å². The van der Waals surface area contributed by atoms with Crippen molar-refractivity contribution in [3.63, 3.8) is 0 Å². The minimum atomic E-state index is 0.634. The molecule has 0 unspecified atom stereocenters. The van der Waals surface area contributed by atoms with Gasteiger partial charge in [0.05, 0.1) is 0 Å². The molecule has 18 heavy (non-hydrogen) atoms. The van der Waals surface area contributed by atoms with Crippen LogP contribution in [-0.4, -0.2) is 11.5 Å². The maximum Gasteiger partial charge on any atom is 0.219 e. The van der Waals surface area contributed by atoms with Crippen LogP contribution < -0.4 is 10.1 Å². The van der Waals surface area contributed by atoms with Crippen molar-refractivity contribution in [3.05, 3.63) is 53.7 Å². The van der Waals surface area contributed by atoms with E-state index in [0.717, 1.165) is 18.8 Å². The van der Waals surface area contributed by atoms with Gasteiger partial charge < -0.3 is 10.1 Å². The monoisotopic (exact) mass is 242 g/mol. The van der Waals surface area contributed by atoms with Gasteiger partial charge in [0.15, 0.2) is 0 Å². The van der Waals surface area contributed by atoms with Gasteiger partial charge in [0.2, 0.25) is 5.88 Å². The first-order valence-corrected chi connectivity index (χ1v) is 6.18. The van der Waals surface area contributed by atoms with Crippen LogP contribution in [0.4, 0.5) is 0 Å². The van der Waals surface area contributed by atoms with Crippen molar-refractivity contribution in [2.24, 2.45) is 0 Å².